The Balaban J connectivity index is 1.86. The number of aryl methyl sites for hydroxylation is 4. The van der Waals surface area contributed by atoms with E-state index >= 15 is 0 Å². The molecule has 0 aliphatic carbocycles. The maximum Gasteiger partial charge on any atom is 0.340 e. The van der Waals surface area contributed by atoms with Gasteiger partial charge in [0.1, 0.15) is 0 Å². The van der Waals surface area contributed by atoms with Crippen molar-refractivity contribution in [3.8, 4) is 0 Å². The number of thioether (sulfide) groups is 1. The molecule has 0 spiro atoms. The predicted molar refractivity (Wildman–Crippen MR) is 102 cm³/mol. The largest absolute Gasteiger partial charge is 0.462 e. The molecule has 3 rings (SSSR count). The molecule has 0 unspecified atom stereocenters. The molecule has 0 aromatic carbocycles. The van der Waals surface area contributed by atoms with Gasteiger partial charge in [0.05, 0.1) is 23.5 Å². The van der Waals surface area contributed by atoms with Gasteiger partial charge in [-0.05, 0) is 40.7 Å². The first-order valence-corrected chi connectivity index (χ1v) is 9.53. The summed E-state index contributed by atoms with van der Waals surface area (Å²) in [5, 5.41) is 8.80. The first-order valence-electron chi connectivity index (χ1n) is 8.55. The van der Waals surface area contributed by atoms with Crippen molar-refractivity contribution in [2.24, 2.45) is 0 Å². The van der Waals surface area contributed by atoms with Crippen LogP contribution in [-0.4, -0.2) is 48.7 Å². The maximum atomic E-state index is 12.9. The van der Waals surface area contributed by atoms with Gasteiger partial charge >= 0.3 is 5.97 Å². The van der Waals surface area contributed by atoms with Crippen LogP contribution in [0.25, 0.3) is 5.78 Å². The Morgan fingerprint density at radius 1 is 1.15 bits per heavy atom. The molecule has 9 heteroatoms. The van der Waals surface area contributed by atoms with Crippen molar-refractivity contribution in [2.75, 3.05) is 12.4 Å². The highest BCUT2D eigenvalue weighted by molar-refractivity contribution is 7.99. The van der Waals surface area contributed by atoms with Crippen LogP contribution in [0.4, 0.5) is 0 Å². The summed E-state index contributed by atoms with van der Waals surface area (Å²) in [6, 6.07) is 1.93. The van der Waals surface area contributed by atoms with Crippen molar-refractivity contribution in [1.82, 2.24) is 24.6 Å². The molecule has 0 saturated heterocycles. The Bertz CT molecular complexity index is 1040. The second-order valence-electron chi connectivity index (χ2n) is 6.21. The maximum absolute atomic E-state index is 12.9. The number of Topliss-reactive ketones (excluding diaryl/α,β-unsaturated/α-hetero) is 1. The molecular formula is C18H21N5O3S. The van der Waals surface area contributed by atoms with Gasteiger partial charge in [0.2, 0.25) is 0 Å². The van der Waals surface area contributed by atoms with Crippen molar-refractivity contribution < 1.29 is 14.3 Å². The van der Waals surface area contributed by atoms with Gasteiger partial charge in [0.15, 0.2) is 10.9 Å². The van der Waals surface area contributed by atoms with E-state index in [4.69, 9.17) is 4.74 Å². The lowest BCUT2D eigenvalue weighted by Crippen LogP contribution is -2.13. The average Bonchev–Trinajstić information content (AvgIpc) is 3.13. The van der Waals surface area contributed by atoms with Crippen molar-refractivity contribution in [3.63, 3.8) is 0 Å². The van der Waals surface area contributed by atoms with Crippen molar-refractivity contribution in [2.45, 2.75) is 39.8 Å². The van der Waals surface area contributed by atoms with Gasteiger partial charge in [-0.15, -0.1) is 10.2 Å². The third kappa shape index (κ3) is 3.59. The van der Waals surface area contributed by atoms with Crippen LogP contribution in [0.1, 0.15) is 50.4 Å². The summed E-state index contributed by atoms with van der Waals surface area (Å²) in [6.45, 7) is 9.35. The standard InChI is InChI=1S/C18H21N5O3S/c1-6-26-16(25)15-12(5)20-11(4)14(15)13(24)8-27-18-22-21-17-19-9(2)7-10(3)23(17)18/h7,20H,6,8H2,1-5H3. The number of rotatable bonds is 6. The topological polar surface area (TPSA) is 102 Å². The number of nitrogens with one attached hydrogen (secondary N) is 1. The number of ether oxygens (including phenoxy) is 1. The van der Waals surface area contributed by atoms with E-state index in [0.717, 1.165) is 11.4 Å². The number of fused-ring (bicyclic) bond motifs is 1. The van der Waals surface area contributed by atoms with Gasteiger partial charge in [-0.3, -0.25) is 9.20 Å². The van der Waals surface area contributed by atoms with Gasteiger partial charge in [0.25, 0.3) is 5.78 Å². The van der Waals surface area contributed by atoms with Crippen LogP contribution in [0.2, 0.25) is 0 Å². The Labute approximate surface area is 160 Å². The number of ketones is 1. The molecule has 3 aromatic heterocycles. The number of aromatic amines is 1. The molecule has 0 atom stereocenters. The van der Waals surface area contributed by atoms with Gasteiger partial charge in [0, 0.05) is 22.8 Å². The highest BCUT2D eigenvalue weighted by Crippen LogP contribution is 2.24. The molecule has 0 radical (unpaired) electrons. The van der Waals surface area contributed by atoms with Crippen LogP contribution in [0.15, 0.2) is 11.2 Å². The van der Waals surface area contributed by atoms with E-state index in [1.54, 1.807) is 20.8 Å². The molecule has 0 fully saturated rings. The van der Waals surface area contributed by atoms with Crippen LogP contribution in [0.5, 0.6) is 0 Å². The fourth-order valence-corrected chi connectivity index (χ4v) is 3.94. The zero-order valence-electron chi connectivity index (χ0n) is 15.9. The van der Waals surface area contributed by atoms with E-state index < -0.39 is 5.97 Å². The molecule has 0 aliphatic heterocycles. The zero-order valence-corrected chi connectivity index (χ0v) is 16.7. The van der Waals surface area contributed by atoms with Crippen molar-refractivity contribution in [1.29, 1.82) is 0 Å². The number of hydrogen-bond donors (Lipinski definition) is 1. The van der Waals surface area contributed by atoms with Crippen LogP contribution in [0, 0.1) is 27.7 Å². The fraction of sp³-hybridized carbons (Fsp3) is 0.389. The molecule has 142 valence electrons. The van der Waals surface area contributed by atoms with Crippen molar-refractivity contribution >= 4 is 29.3 Å². The van der Waals surface area contributed by atoms with E-state index in [0.29, 0.717) is 33.4 Å². The quantitative estimate of drug-likeness (QED) is 0.394. The van der Waals surface area contributed by atoms with Gasteiger partial charge in [-0.2, -0.15) is 0 Å². The molecule has 0 aliphatic rings. The first kappa shape index (κ1) is 19.1. The zero-order chi connectivity index (χ0) is 19.7. The molecule has 8 nitrogen and oxygen atoms in total. The SMILES string of the molecule is CCOC(=O)c1c(C)[nH]c(C)c1C(=O)CSc1nnc2nc(C)cc(C)n12. The van der Waals surface area contributed by atoms with Crippen LogP contribution in [-0.2, 0) is 4.74 Å². The smallest absolute Gasteiger partial charge is 0.340 e. The summed E-state index contributed by atoms with van der Waals surface area (Å²) in [6.07, 6.45) is 0. The molecule has 1 N–H and O–H groups in total. The normalized spacial score (nSPS) is 11.1. The highest BCUT2D eigenvalue weighted by atomic mass is 32.2. The molecule has 0 saturated carbocycles. The monoisotopic (exact) mass is 387 g/mol. The van der Waals surface area contributed by atoms with Crippen LogP contribution < -0.4 is 0 Å². The van der Waals surface area contributed by atoms with E-state index in [-0.39, 0.29) is 18.1 Å². The average molecular weight is 387 g/mol. The molecule has 3 aromatic rings. The summed E-state index contributed by atoms with van der Waals surface area (Å²) in [4.78, 5) is 32.5. The summed E-state index contributed by atoms with van der Waals surface area (Å²) in [5.41, 5.74) is 3.76. The number of esters is 1. The number of carbonyl (C=O) groups is 2. The van der Waals surface area contributed by atoms with Gasteiger partial charge in [-0.1, -0.05) is 11.8 Å². The van der Waals surface area contributed by atoms with E-state index in [1.165, 1.54) is 11.8 Å². The van der Waals surface area contributed by atoms with E-state index in [9.17, 15) is 9.59 Å². The third-order valence-electron chi connectivity index (χ3n) is 4.13. The molecule has 3 heterocycles. The van der Waals surface area contributed by atoms with E-state index in [2.05, 4.69) is 20.2 Å². The highest BCUT2D eigenvalue weighted by Gasteiger charge is 2.25. The number of aromatic nitrogens is 5. The summed E-state index contributed by atoms with van der Waals surface area (Å²) in [5.74, 6) is -0.0302. The predicted octanol–water partition coefficient (Wildman–Crippen LogP) is 2.84. The first-order chi connectivity index (χ1) is 12.8. The Hall–Kier alpha value is -2.68. The number of nitrogens with zero attached hydrogens (tertiary/aromatic N) is 4. The number of H-pyrrole nitrogens is 1. The minimum absolute atomic E-state index is 0.124. The Morgan fingerprint density at radius 3 is 2.56 bits per heavy atom. The third-order valence-corrected chi connectivity index (χ3v) is 5.06. The van der Waals surface area contributed by atoms with Gasteiger partial charge < -0.3 is 9.72 Å². The summed E-state index contributed by atoms with van der Waals surface area (Å²) >= 11 is 1.27. The summed E-state index contributed by atoms with van der Waals surface area (Å²) < 4.78 is 6.91. The number of carbonyl (C=O) groups excluding carboxylic acids is 2. The van der Waals surface area contributed by atoms with Crippen LogP contribution in [0.3, 0.4) is 0 Å². The van der Waals surface area contributed by atoms with Crippen molar-refractivity contribution in [3.05, 3.63) is 40.0 Å². The molecule has 0 bridgehead atoms. The lowest BCUT2D eigenvalue weighted by Gasteiger charge is -2.06. The second-order valence-corrected chi connectivity index (χ2v) is 7.16. The fourth-order valence-electron chi connectivity index (χ4n) is 3.08. The number of hydrogen-bond acceptors (Lipinski definition) is 7. The Morgan fingerprint density at radius 2 is 1.85 bits per heavy atom. The van der Waals surface area contributed by atoms with Gasteiger partial charge in [-0.25, -0.2) is 9.78 Å². The van der Waals surface area contributed by atoms with E-state index in [1.807, 2.05) is 24.3 Å². The molecule has 0 amide bonds. The minimum atomic E-state index is -0.490. The Kier molecular flexibility index (Phi) is 5.31. The minimum Gasteiger partial charge on any atom is -0.462 e. The second kappa shape index (κ2) is 7.51. The molecular weight excluding hydrogens is 366 g/mol. The van der Waals surface area contributed by atoms with Crippen LogP contribution >= 0.6 is 11.8 Å². The molecule has 27 heavy (non-hydrogen) atoms. The lowest BCUT2D eigenvalue weighted by atomic mass is 10.1. The summed E-state index contributed by atoms with van der Waals surface area (Å²) in [7, 11) is 0. The lowest BCUT2D eigenvalue weighted by molar-refractivity contribution is 0.0522.